The van der Waals surface area contributed by atoms with E-state index in [-0.39, 0.29) is 5.69 Å². The van der Waals surface area contributed by atoms with E-state index >= 15 is 0 Å². The molecule has 1 aliphatic carbocycles. The third-order valence-electron chi connectivity index (χ3n) is 2.92. The topological polar surface area (TPSA) is 62.2 Å². The van der Waals surface area contributed by atoms with Gasteiger partial charge in [0.05, 0.1) is 5.51 Å². The molecule has 2 atom stereocenters. The van der Waals surface area contributed by atoms with Gasteiger partial charge in [0.1, 0.15) is 5.00 Å². The highest BCUT2D eigenvalue weighted by Gasteiger charge is 2.28. The normalized spacial score (nSPS) is 23.8. The van der Waals surface area contributed by atoms with Crippen molar-refractivity contribution in [3.8, 4) is 0 Å². The second-order valence-corrected chi connectivity index (χ2v) is 6.38. The standard InChI is InChI=1S/C11H16N2O2S2/c1-2-16-8-5-3-4-7(8)13-10-9(11(14)15)12-6-17-10/h6-8,13H,2-5H2,1H3,(H,14,15). The molecule has 1 fully saturated rings. The van der Waals surface area contributed by atoms with E-state index in [1.807, 2.05) is 11.8 Å². The van der Waals surface area contributed by atoms with E-state index in [2.05, 4.69) is 17.2 Å². The molecule has 4 nitrogen and oxygen atoms in total. The van der Waals surface area contributed by atoms with Crippen molar-refractivity contribution in [3.63, 3.8) is 0 Å². The molecule has 0 bridgehead atoms. The van der Waals surface area contributed by atoms with Crippen LogP contribution in [0.25, 0.3) is 0 Å². The second-order valence-electron chi connectivity index (χ2n) is 4.01. The minimum absolute atomic E-state index is 0.155. The zero-order chi connectivity index (χ0) is 12.3. The lowest BCUT2D eigenvalue weighted by molar-refractivity contribution is 0.0692. The van der Waals surface area contributed by atoms with Gasteiger partial charge < -0.3 is 10.4 Å². The van der Waals surface area contributed by atoms with E-state index in [1.165, 1.54) is 24.2 Å². The summed E-state index contributed by atoms with van der Waals surface area (Å²) >= 11 is 3.33. The molecule has 1 aromatic heterocycles. The summed E-state index contributed by atoms with van der Waals surface area (Å²) in [4.78, 5) is 14.8. The summed E-state index contributed by atoms with van der Waals surface area (Å²) in [6.45, 7) is 2.16. The van der Waals surface area contributed by atoms with Gasteiger partial charge in [0, 0.05) is 11.3 Å². The lowest BCUT2D eigenvalue weighted by atomic mass is 10.2. The summed E-state index contributed by atoms with van der Waals surface area (Å²) in [5.74, 6) is 0.156. The van der Waals surface area contributed by atoms with Crippen molar-refractivity contribution in [2.75, 3.05) is 11.1 Å². The maximum Gasteiger partial charge on any atom is 0.357 e. The molecular weight excluding hydrogens is 256 g/mol. The van der Waals surface area contributed by atoms with Gasteiger partial charge in [0.2, 0.25) is 0 Å². The number of aromatic nitrogens is 1. The number of rotatable bonds is 5. The molecule has 0 spiro atoms. The fraction of sp³-hybridized carbons (Fsp3) is 0.636. The zero-order valence-electron chi connectivity index (χ0n) is 9.68. The van der Waals surface area contributed by atoms with E-state index in [0.29, 0.717) is 16.3 Å². The van der Waals surface area contributed by atoms with Crippen LogP contribution in [0.5, 0.6) is 0 Å². The highest BCUT2D eigenvalue weighted by Crippen LogP contribution is 2.33. The molecule has 94 valence electrons. The molecule has 17 heavy (non-hydrogen) atoms. The number of anilines is 1. The van der Waals surface area contributed by atoms with Crippen LogP contribution in [0.2, 0.25) is 0 Å². The van der Waals surface area contributed by atoms with Crippen molar-refractivity contribution in [2.45, 2.75) is 37.5 Å². The summed E-state index contributed by atoms with van der Waals surface area (Å²) in [5.41, 5.74) is 1.74. The molecule has 2 unspecified atom stereocenters. The monoisotopic (exact) mass is 272 g/mol. The first-order chi connectivity index (χ1) is 8.22. The van der Waals surface area contributed by atoms with E-state index < -0.39 is 5.97 Å². The average molecular weight is 272 g/mol. The Bertz CT molecular complexity index is 395. The Morgan fingerprint density at radius 1 is 1.71 bits per heavy atom. The van der Waals surface area contributed by atoms with Crippen molar-refractivity contribution >= 4 is 34.1 Å². The number of hydrogen-bond donors (Lipinski definition) is 2. The number of carboxylic acids is 1. The molecule has 0 radical (unpaired) electrons. The molecule has 0 aromatic carbocycles. The first-order valence-electron chi connectivity index (χ1n) is 5.77. The smallest absolute Gasteiger partial charge is 0.357 e. The lowest BCUT2D eigenvalue weighted by Crippen LogP contribution is -2.26. The predicted octanol–water partition coefficient (Wildman–Crippen LogP) is 2.93. The largest absolute Gasteiger partial charge is 0.476 e. The van der Waals surface area contributed by atoms with Gasteiger partial charge in [-0.1, -0.05) is 13.3 Å². The van der Waals surface area contributed by atoms with Crippen molar-refractivity contribution < 1.29 is 9.90 Å². The molecule has 1 aliphatic rings. The number of carboxylic acid groups (broad SMARTS) is 1. The fourth-order valence-electron chi connectivity index (χ4n) is 2.17. The van der Waals surface area contributed by atoms with Crippen LogP contribution in [0, 0.1) is 0 Å². The van der Waals surface area contributed by atoms with Crippen LogP contribution in [0.4, 0.5) is 5.00 Å². The van der Waals surface area contributed by atoms with Crippen LogP contribution in [-0.2, 0) is 0 Å². The SMILES string of the molecule is CCSC1CCCC1Nc1scnc1C(=O)O. The Morgan fingerprint density at radius 2 is 2.53 bits per heavy atom. The maximum absolute atomic E-state index is 11.0. The van der Waals surface area contributed by atoms with E-state index in [9.17, 15) is 4.79 Å². The number of aromatic carboxylic acids is 1. The van der Waals surface area contributed by atoms with Crippen molar-refractivity contribution in [3.05, 3.63) is 11.2 Å². The molecule has 1 saturated carbocycles. The van der Waals surface area contributed by atoms with E-state index in [4.69, 9.17) is 5.11 Å². The minimum atomic E-state index is -0.952. The molecule has 2 N–H and O–H groups in total. The van der Waals surface area contributed by atoms with Gasteiger partial charge in [-0.2, -0.15) is 11.8 Å². The highest BCUT2D eigenvalue weighted by molar-refractivity contribution is 7.99. The third-order valence-corrected chi connectivity index (χ3v) is 5.00. The molecule has 0 amide bonds. The number of nitrogens with zero attached hydrogens (tertiary/aromatic N) is 1. The number of hydrogen-bond acceptors (Lipinski definition) is 5. The number of carbonyl (C=O) groups is 1. The molecular formula is C11H16N2O2S2. The van der Waals surface area contributed by atoms with Gasteiger partial charge in [0.15, 0.2) is 5.69 Å². The minimum Gasteiger partial charge on any atom is -0.476 e. The van der Waals surface area contributed by atoms with Crippen LogP contribution in [0.3, 0.4) is 0 Å². The van der Waals surface area contributed by atoms with Crippen LogP contribution >= 0.6 is 23.1 Å². The summed E-state index contributed by atoms with van der Waals surface area (Å²) in [5, 5.41) is 13.7. The van der Waals surface area contributed by atoms with Crippen LogP contribution in [0.15, 0.2) is 5.51 Å². The van der Waals surface area contributed by atoms with Gasteiger partial charge in [0.25, 0.3) is 0 Å². The molecule has 0 saturated heterocycles. The first-order valence-corrected chi connectivity index (χ1v) is 7.70. The van der Waals surface area contributed by atoms with Gasteiger partial charge in [-0.15, -0.1) is 11.3 Å². The van der Waals surface area contributed by atoms with Gasteiger partial charge in [-0.05, 0) is 18.6 Å². The van der Waals surface area contributed by atoms with Gasteiger partial charge in [-0.25, -0.2) is 9.78 Å². The molecule has 1 aromatic rings. The Labute approximate surface area is 109 Å². The maximum atomic E-state index is 11.0. The summed E-state index contributed by atoms with van der Waals surface area (Å²) in [7, 11) is 0. The number of thiazole rings is 1. The van der Waals surface area contributed by atoms with Crippen LogP contribution in [-0.4, -0.2) is 33.1 Å². The van der Waals surface area contributed by atoms with Crippen LogP contribution in [0.1, 0.15) is 36.7 Å². The summed E-state index contributed by atoms with van der Waals surface area (Å²) in [6, 6.07) is 0.387. The Hall–Kier alpha value is -0.750. The predicted molar refractivity (Wildman–Crippen MR) is 72.3 cm³/mol. The summed E-state index contributed by atoms with van der Waals surface area (Å²) < 4.78 is 0. The van der Waals surface area contributed by atoms with Crippen molar-refractivity contribution in [2.24, 2.45) is 0 Å². The lowest BCUT2D eigenvalue weighted by Gasteiger charge is -2.20. The van der Waals surface area contributed by atoms with E-state index in [0.717, 1.165) is 12.2 Å². The third kappa shape index (κ3) is 2.93. The average Bonchev–Trinajstić information content (AvgIpc) is 2.89. The molecule has 1 heterocycles. The molecule has 0 aliphatic heterocycles. The summed E-state index contributed by atoms with van der Waals surface area (Å²) in [6.07, 6.45) is 3.56. The van der Waals surface area contributed by atoms with Crippen LogP contribution < -0.4 is 5.32 Å². The van der Waals surface area contributed by atoms with Gasteiger partial charge in [-0.3, -0.25) is 0 Å². The zero-order valence-corrected chi connectivity index (χ0v) is 11.3. The Kier molecular flexibility index (Phi) is 4.28. The van der Waals surface area contributed by atoms with Crippen molar-refractivity contribution in [1.29, 1.82) is 0 Å². The number of thioether (sulfide) groups is 1. The molecule has 2 rings (SSSR count). The highest BCUT2D eigenvalue weighted by atomic mass is 32.2. The van der Waals surface area contributed by atoms with E-state index in [1.54, 1.807) is 5.51 Å². The van der Waals surface area contributed by atoms with Crippen molar-refractivity contribution in [1.82, 2.24) is 4.98 Å². The molecule has 6 heteroatoms. The Morgan fingerprint density at radius 3 is 3.24 bits per heavy atom. The Balaban J connectivity index is 2.04. The fourth-order valence-corrected chi connectivity index (χ4v) is 4.11. The number of nitrogens with one attached hydrogen (secondary N) is 1. The quantitative estimate of drug-likeness (QED) is 0.863. The van der Waals surface area contributed by atoms with Gasteiger partial charge >= 0.3 is 5.97 Å². The second kappa shape index (κ2) is 5.73. The first kappa shape index (κ1) is 12.7.